The molecule has 0 radical (unpaired) electrons. The Hall–Kier alpha value is -0.340. The summed E-state index contributed by atoms with van der Waals surface area (Å²) in [6, 6.07) is 3.28. The number of rotatable bonds is 7. The van der Waals surface area contributed by atoms with Crippen molar-refractivity contribution in [1.29, 1.82) is 0 Å². The van der Waals surface area contributed by atoms with Crippen molar-refractivity contribution in [2.75, 3.05) is 25.9 Å². The molecule has 0 spiro atoms. The van der Waals surface area contributed by atoms with Gasteiger partial charge in [0.1, 0.15) is 0 Å². The minimum absolute atomic E-state index is 0.0543. The molecule has 1 rings (SSSR count). The Bertz CT molecular complexity index is 595. The Kier molecular flexibility index (Phi) is 6.93. The third kappa shape index (κ3) is 5.10. The van der Waals surface area contributed by atoms with E-state index in [0.29, 0.717) is 29.3 Å². The highest BCUT2D eigenvalue weighted by Gasteiger charge is 2.20. The van der Waals surface area contributed by atoms with Crippen molar-refractivity contribution in [2.45, 2.75) is 31.2 Å². The second-order valence-corrected chi connectivity index (χ2v) is 7.91. The van der Waals surface area contributed by atoms with E-state index in [1.165, 1.54) is 12.1 Å². The van der Waals surface area contributed by atoms with E-state index in [1.807, 2.05) is 7.05 Å². The lowest BCUT2D eigenvalue weighted by Gasteiger charge is -2.23. The molecule has 0 aliphatic rings. The summed E-state index contributed by atoms with van der Waals surface area (Å²) in [6.45, 7) is 5.14. The fourth-order valence-corrected chi connectivity index (χ4v) is 4.06. The largest absolute Gasteiger partial charge is 0.398 e. The van der Waals surface area contributed by atoms with E-state index < -0.39 is 10.0 Å². The maximum absolute atomic E-state index is 12.3. The molecule has 0 fully saturated rings. The van der Waals surface area contributed by atoms with Crippen molar-refractivity contribution in [2.24, 2.45) is 0 Å². The number of benzene rings is 1. The number of hydrogen-bond acceptors (Lipinski definition) is 4. The van der Waals surface area contributed by atoms with Crippen LogP contribution in [0.15, 0.2) is 21.5 Å². The summed E-state index contributed by atoms with van der Waals surface area (Å²) in [6.07, 6.45) is 1.01. The quantitative estimate of drug-likeness (QED) is 0.692. The number of nitrogens with one attached hydrogen (secondary N) is 1. The van der Waals surface area contributed by atoms with Crippen LogP contribution in [-0.2, 0) is 10.0 Å². The first-order valence-electron chi connectivity index (χ1n) is 6.63. The summed E-state index contributed by atoms with van der Waals surface area (Å²) >= 11 is 9.06. The zero-order valence-corrected chi connectivity index (χ0v) is 15.5. The lowest BCUT2D eigenvalue weighted by Crippen LogP contribution is -2.37. The highest BCUT2D eigenvalue weighted by atomic mass is 79.9. The average molecular weight is 399 g/mol. The van der Waals surface area contributed by atoms with Crippen LogP contribution in [0.1, 0.15) is 20.3 Å². The zero-order chi connectivity index (χ0) is 16.2. The fraction of sp³-hybridized carbons (Fsp3) is 0.538. The summed E-state index contributed by atoms with van der Waals surface area (Å²) in [7, 11) is -1.68. The smallest absolute Gasteiger partial charge is 0.241 e. The molecule has 0 aromatic heterocycles. The van der Waals surface area contributed by atoms with Crippen LogP contribution in [0.4, 0.5) is 5.69 Å². The third-order valence-corrected chi connectivity index (χ3v) is 6.27. The summed E-state index contributed by atoms with van der Waals surface area (Å²) in [5, 5.41) is 0.285. The number of nitrogen functional groups attached to an aromatic ring is 1. The van der Waals surface area contributed by atoms with Crippen LogP contribution < -0.4 is 10.5 Å². The lowest BCUT2D eigenvalue weighted by atomic mass is 10.2. The minimum atomic E-state index is -3.65. The summed E-state index contributed by atoms with van der Waals surface area (Å²) < 4.78 is 27.5. The van der Waals surface area contributed by atoms with E-state index in [-0.39, 0.29) is 9.92 Å². The number of halogens is 2. The first-order chi connectivity index (χ1) is 9.69. The van der Waals surface area contributed by atoms with Crippen LogP contribution in [0, 0.1) is 0 Å². The summed E-state index contributed by atoms with van der Waals surface area (Å²) in [5.74, 6) is 0. The van der Waals surface area contributed by atoms with Crippen molar-refractivity contribution in [1.82, 2.24) is 9.62 Å². The van der Waals surface area contributed by atoms with Crippen molar-refractivity contribution in [3.05, 3.63) is 21.6 Å². The third-order valence-electron chi connectivity index (χ3n) is 3.42. The molecule has 120 valence electrons. The van der Waals surface area contributed by atoms with Gasteiger partial charge in [-0.3, -0.25) is 0 Å². The van der Waals surface area contributed by atoms with Crippen LogP contribution in [0.5, 0.6) is 0 Å². The first kappa shape index (κ1) is 18.7. The van der Waals surface area contributed by atoms with Crippen molar-refractivity contribution < 1.29 is 8.42 Å². The monoisotopic (exact) mass is 397 g/mol. The van der Waals surface area contributed by atoms with Gasteiger partial charge in [-0.2, -0.15) is 0 Å². The molecule has 8 heteroatoms. The van der Waals surface area contributed by atoms with E-state index >= 15 is 0 Å². The predicted octanol–water partition coefficient (Wildman–Crippen LogP) is 2.69. The van der Waals surface area contributed by atoms with Gasteiger partial charge in [-0.1, -0.05) is 18.5 Å². The summed E-state index contributed by atoms with van der Waals surface area (Å²) in [4.78, 5) is 2.16. The molecule has 0 heterocycles. The molecule has 3 N–H and O–H groups in total. The second-order valence-electron chi connectivity index (χ2n) is 4.94. The van der Waals surface area contributed by atoms with Gasteiger partial charge in [-0.15, -0.1) is 0 Å². The van der Waals surface area contributed by atoms with Gasteiger partial charge in [0.25, 0.3) is 0 Å². The molecule has 0 amide bonds. The topological polar surface area (TPSA) is 75.4 Å². The van der Waals surface area contributed by atoms with E-state index in [4.69, 9.17) is 17.3 Å². The van der Waals surface area contributed by atoms with E-state index in [1.54, 1.807) is 0 Å². The van der Waals surface area contributed by atoms with Gasteiger partial charge >= 0.3 is 0 Å². The zero-order valence-electron chi connectivity index (χ0n) is 12.4. The SMILES string of the molecule is CCC(C)N(C)CCNS(=O)(=O)c1cc(Cl)cc(N)c1Br. The van der Waals surface area contributed by atoms with Crippen LogP contribution in [-0.4, -0.2) is 39.5 Å². The number of anilines is 1. The molecule has 0 saturated carbocycles. The highest BCUT2D eigenvalue weighted by molar-refractivity contribution is 9.10. The summed E-state index contributed by atoms with van der Waals surface area (Å²) in [5.41, 5.74) is 6.01. The van der Waals surface area contributed by atoms with E-state index in [9.17, 15) is 8.42 Å². The Morgan fingerprint density at radius 1 is 1.48 bits per heavy atom. The average Bonchev–Trinajstić information content (AvgIpc) is 2.41. The first-order valence-corrected chi connectivity index (χ1v) is 9.28. The molecule has 1 aromatic rings. The number of nitrogens with zero attached hydrogens (tertiary/aromatic N) is 1. The van der Waals surface area contributed by atoms with E-state index in [0.717, 1.165) is 6.42 Å². The van der Waals surface area contributed by atoms with Gasteiger partial charge in [0.2, 0.25) is 10.0 Å². The maximum Gasteiger partial charge on any atom is 0.241 e. The van der Waals surface area contributed by atoms with Crippen molar-refractivity contribution in [3.63, 3.8) is 0 Å². The van der Waals surface area contributed by atoms with Crippen LogP contribution >= 0.6 is 27.5 Å². The molecule has 1 aromatic carbocycles. The molecule has 21 heavy (non-hydrogen) atoms. The minimum Gasteiger partial charge on any atom is -0.398 e. The molecule has 0 bridgehead atoms. The van der Waals surface area contributed by atoms with Crippen LogP contribution in [0.2, 0.25) is 5.02 Å². The van der Waals surface area contributed by atoms with Crippen LogP contribution in [0.25, 0.3) is 0 Å². The predicted molar refractivity (Wildman–Crippen MR) is 91.1 cm³/mol. The van der Waals surface area contributed by atoms with Crippen molar-refractivity contribution >= 4 is 43.2 Å². The highest BCUT2D eigenvalue weighted by Crippen LogP contribution is 2.31. The molecule has 0 saturated heterocycles. The molecule has 0 aliphatic carbocycles. The maximum atomic E-state index is 12.3. The number of sulfonamides is 1. The number of likely N-dealkylation sites (N-methyl/N-ethyl adjacent to an activating group) is 1. The number of hydrogen-bond donors (Lipinski definition) is 2. The Morgan fingerprint density at radius 3 is 2.67 bits per heavy atom. The van der Waals surface area contributed by atoms with Crippen molar-refractivity contribution in [3.8, 4) is 0 Å². The Morgan fingerprint density at radius 2 is 2.10 bits per heavy atom. The molecule has 1 atom stereocenters. The fourth-order valence-electron chi connectivity index (χ4n) is 1.75. The van der Waals surface area contributed by atoms with Gasteiger partial charge in [0, 0.05) is 29.8 Å². The van der Waals surface area contributed by atoms with Gasteiger partial charge in [-0.25, -0.2) is 13.1 Å². The van der Waals surface area contributed by atoms with Gasteiger partial charge in [0.15, 0.2) is 0 Å². The molecule has 1 unspecified atom stereocenters. The van der Waals surface area contributed by atoms with Gasteiger partial charge in [-0.05, 0) is 48.5 Å². The van der Waals surface area contributed by atoms with Gasteiger partial charge < -0.3 is 10.6 Å². The standard InChI is InChI=1S/C13H21BrClN3O2S/c1-4-9(2)18(3)6-5-17-21(19,20)12-8-10(15)7-11(16)13(12)14/h7-9,17H,4-6,16H2,1-3H3. The van der Waals surface area contributed by atoms with Gasteiger partial charge in [0.05, 0.1) is 9.37 Å². The second kappa shape index (κ2) is 7.78. The lowest BCUT2D eigenvalue weighted by molar-refractivity contribution is 0.256. The molecular formula is C13H21BrClN3O2S. The van der Waals surface area contributed by atoms with E-state index in [2.05, 4.69) is 39.4 Å². The molecular weight excluding hydrogens is 378 g/mol. The Labute approximate surface area is 140 Å². The molecule has 0 aliphatic heterocycles. The Balaban J connectivity index is 2.79. The normalized spacial score (nSPS) is 13.6. The number of nitrogens with two attached hydrogens (primary N) is 1. The molecule has 5 nitrogen and oxygen atoms in total. The van der Waals surface area contributed by atoms with Crippen LogP contribution in [0.3, 0.4) is 0 Å².